The molecule has 4 N–H and O–H groups in total. The van der Waals surface area contributed by atoms with E-state index in [2.05, 4.69) is 20.5 Å². The smallest absolute Gasteiger partial charge is 0.320 e. The van der Waals surface area contributed by atoms with Gasteiger partial charge in [-0.15, -0.1) is 0 Å². The molecule has 0 amide bonds. The second kappa shape index (κ2) is 6.67. The molecule has 0 aliphatic heterocycles. The number of benzene rings is 1. The van der Waals surface area contributed by atoms with Crippen molar-refractivity contribution in [1.29, 1.82) is 0 Å². The summed E-state index contributed by atoms with van der Waals surface area (Å²) < 4.78 is 13.0. The van der Waals surface area contributed by atoms with Crippen molar-refractivity contribution in [3.63, 3.8) is 0 Å². The Morgan fingerprint density at radius 1 is 1.30 bits per heavy atom. The fraction of sp³-hybridized carbons (Fsp3) is 0.222. The van der Waals surface area contributed by atoms with Gasteiger partial charge in [-0.05, 0) is 42.7 Å². The number of nitro groups is 1. The summed E-state index contributed by atoms with van der Waals surface area (Å²) in [5.41, 5.74) is 8.17. The van der Waals surface area contributed by atoms with Crippen LogP contribution in [0.4, 0.5) is 21.7 Å². The lowest BCUT2D eigenvalue weighted by molar-refractivity contribution is -0.383. The molecule has 3 aromatic rings. The third-order valence-electron chi connectivity index (χ3n) is 4.46. The Hall–Kier alpha value is -3.49. The number of H-pyrrole nitrogens is 1. The van der Waals surface area contributed by atoms with E-state index >= 15 is 0 Å². The van der Waals surface area contributed by atoms with Gasteiger partial charge in [-0.25, -0.2) is 9.37 Å². The summed E-state index contributed by atoms with van der Waals surface area (Å²) in [6.45, 7) is 0.241. The van der Waals surface area contributed by atoms with E-state index in [1.807, 2.05) is 6.07 Å². The SMILES string of the molecule is Nc1cc(-c2cc(C3CC3)[nH]n2)c([N+](=O)[O-])c(NCc2ccc(F)cc2)n1. The fourth-order valence-electron chi connectivity index (χ4n) is 2.93. The zero-order chi connectivity index (χ0) is 19.0. The van der Waals surface area contributed by atoms with Gasteiger partial charge in [0.2, 0.25) is 5.82 Å². The van der Waals surface area contributed by atoms with Gasteiger partial charge in [0, 0.05) is 18.2 Å². The molecule has 8 nitrogen and oxygen atoms in total. The minimum absolute atomic E-state index is 0.0512. The number of nitrogens with zero attached hydrogens (tertiary/aromatic N) is 3. The molecule has 2 aromatic heterocycles. The van der Waals surface area contributed by atoms with Gasteiger partial charge in [0.1, 0.15) is 11.6 Å². The quantitative estimate of drug-likeness (QED) is 0.451. The van der Waals surface area contributed by atoms with E-state index < -0.39 is 4.92 Å². The van der Waals surface area contributed by atoms with Crippen LogP contribution in [0.3, 0.4) is 0 Å². The minimum atomic E-state index is -0.500. The van der Waals surface area contributed by atoms with E-state index in [0.717, 1.165) is 24.1 Å². The highest BCUT2D eigenvalue weighted by Crippen LogP contribution is 2.42. The molecule has 27 heavy (non-hydrogen) atoms. The van der Waals surface area contributed by atoms with Crippen LogP contribution in [0.2, 0.25) is 0 Å². The molecular formula is C18H17FN6O2. The molecule has 1 fully saturated rings. The van der Waals surface area contributed by atoms with Gasteiger partial charge in [0.05, 0.1) is 16.2 Å². The first kappa shape index (κ1) is 17.0. The minimum Gasteiger partial charge on any atom is -0.384 e. The highest BCUT2D eigenvalue weighted by Gasteiger charge is 2.29. The number of aromatic nitrogens is 3. The number of nitrogens with one attached hydrogen (secondary N) is 2. The van der Waals surface area contributed by atoms with Crippen LogP contribution in [0.5, 0.6) is 0 Å². The molecule has 1 saturated carbocycles. The van der Waals surface area contributed by atoms with Crippen LogP contribution >= 0.6 is 0 Å². The number of rotatable bonds is 6. The zero-order valence-corrected chi connectivity index (χ0v) is 14.3. The molecule has 4 rings (SSSR count). The molecule has 0 atom stereocenters. The highest BCUT2D eigenvalue weighted by molar-refractivity contribution is 5.81. The number of nitrogen functional groups attached to an aromatic ring is 1. The van der Waals surface area contributed by atoms with Gasteiger partial charge < -0.3 is 11.1 Å². The van der Waals surface area contributed by atoms with E-state index in [1.165, 1.54) is 18.2 Å². The highest BCUT2D eigenvalue weighted by atomic mass is 19.1. The first-order valence-electron chi connectivity index (χ1n) is 8.50. The number of aromatic amines is 1. The molecule has 0 spiro atoms. The maximum Gasteiger partial charge on any atom is 0.320 e. The summed E-state index contributed by atoms with van der Waals surface area (Å²) in [6, 6.07) is 9.12. The van der Waals surface area contributed by atoms with E-state index in [-0.39, 0.29) is 29.7 Å². The summed E-state index contributed by atoms with van der Waals surface area (Å²) in [5.74, 6) is 0.295. The summed E-state index contributed by atoms with van der Waals surface area (Å²) in [6.07, 6.45) is 2.18. The number of pyridine rings is 1. The van der Waals surface area contributed by atoms with E-state index in [0.29, 0.717) is 17.2 Å². The van der Waals surface area contributed by atoms with E-state index in [4.69, 9.17) is 5.73 Å². The Kier molecular flexibility index (Phi) is 4.19. The fourth-order valence-corrected chi connectivity index (χ4v) is 2.93. The van der Waals surface area contributed by atoms with E-state index in [1.54, 1.807) is 12.1 Å². The van der Waals surface area contributed by atoms with Gasteiger partial charge in [0.25, 0.3) is 0 Å². The molecule has 1 aliphatic rings. The first-order valence-corrected chi connectivity index (χ1v) is 8.50. The molecule has 138 valence electrons. The number of hydrogen-bond acceptors (Lipinski definition) is 6. The largest absolute Gasteiger partial charge is 0.384 e. The summed E-state index contributed by atoms with van der Waals surface area (Å²) >= 11 is 0. The van der Waals surface area contributed by atoms with Gasteiger partial charge in [-0.2, -0.15) is 5.10 Å². The Bertz CT molecular complexity index is 998. The standard InChI is InChI=1S/C18H17FN6O2/c19-12-5-1-10(2-6-12)9-21-18-17(25(26)27)13(7-16(20)22-18)15-8-14(23-24-15)11-3-4-11/h1-2,5-8,11H,3-4,9H2,(H,23,24)(H3,20,21,22). The van der Waals surface area contributed by atoms with Gasteiger partial charge in [-0.1, -0.05) is 12.1 Å². The van der Waals surface area contributed by atoms with Crippen LogP contribution in [-0.2, 0) is 6.54 Å². The number of halogens is 1. The molecule has 1 aliphatic carbocycles. The van der Waals surface area contributed by atoms with Crippen LogP contribution < -0.4 is 11.1 Å². The van der Waals surface area contributed by atoms with Crippen molar-refractivity contribution < 1.29 is 9.31 Å². The Balaban J connectivity index is 1.68. The third kappa shape index (κ3) is 3.57. The topological polar surface area (TPSA) is 123 Å². The van der Waals surface area contributed by atoms with Crippen molar-refractivity contribution in [1.82, 2.24) is 15.2 Å². The lowest BCUT2D eigenvalue weighted by Crippen LogP contribution is -2.08. The maximum atomic E-state index is 13.0. The molecule has 1 aromatic carbocycles. The van der Waals surface area contributed by atoms with Crippen LogP contribution in [-0.4, -0.2) is 20.1 Å². The van der Waals surface area contributed by atoms with Gasteiger partial charge >= 0.3 is 5.69 Å². The van der Waals surface area contributed by atoms with Gasteiger partial charge in [0.15, 0.2) is 0 Å². The van der Waals surface area contributed by atoms with Crippen molar-refractivity contribution in [2.75, 3.05) is 11.1 Å². The predicted molar refractivity (Wildman–Crippen MR) is 98.6 cm³/mol. The predicted octanol–water partition coefficient (Wildman–Crippen LogP) is 3.59. The molecule has 0 saturated heterocycles. The zero-order valence-electron chi connectivity index (χ0n) is 14.3. The number of anilines is 2. The number of hydrogen-bond donors (Lipinski definition) is 3. The monoisotopic (exact) mass is 368 g/mol. The number of nitrogens with two attached hydrogens (primary N) is 1. The molecule has 0 bridgehead atoms. The Morgan fingerprint density at radius 3 is 2.70 bits per heavy atom. The molecule has 0 unspecified atom stereocenters. The summed E-state index contributed by atoms with van der Waals surface area (Å²) in [4.78, 5) is 15.3. The van der Waals surface area contributed by atoms with Crippen molar-refractivity contribution in [2.45, 2.75) is 25.3 Å². The van der Waals surface area contributed by atoms with Crippen molar-refractivity contribution in [3.05, 3.63) is 63.6 Å². The van der Waals surface area contributed by atoms with Crippen LogP contribution in [0, 0.1) is 15.9 Å². The van der Waals surface area contributed by atoms with Gasteiger partial charge in [-0.3, -0.25) is 15.2 Å². The second-order valence-electron chi connectivity index (χ2n) is 6.51. The summed E-state index contributed by atoms with van der Waals surface area (Å²) in [5, 5.41) is 21.8. The average Bonchev–Trinajstić information content (AvgIpc) is 3.37. The molecular weight excluding hydrogens is 351 g/mol. The van der Waals surface area contributed by atoms with Crippen molar-refractivity contribution in [2.24, 2.45) is 0 Å². The lowest BCUT2D eigenvalue weighted by atomic mass is 10.1. The second-order valence-corrected chi connectivity index (χ2v) is 6.51. The molecule has 9 heteroatoms. The summed E-state index contributed by atoms with van der Waals surface area (Å²) in [7, 11) is 0. The maximum absolute atomic E-state index is 13.0. The molecule has 2 heterocycles. The normalized spacial score (nSPS) is 13.5. The molecule has 0 radical (unpaired) electrons. The Morgan fingerprint density at radius 2 is 2.04 bits per heavy atom. The van der Waals surface area contributed by atoms with Crippen LogP contribution in [0.1, 0.15) is 30.0 Å². The first-order chi connectivity index (χ1) is 13.0. The average molecular weight is 368 g/mol. The van der Waals surface area contributed by atoms with Crippen LogP contribution in [0.15, 0.2) is 36.4 Å². The third-order valence-corrected chi connectivity index (χ3v) is 4.46. The lowest BCUT2D eigenvalue weighted by Gasteiger charge is -2.10. The van der Waals surface area contributed by atoms with Crippen molar-refractivity contribution in [3.8, 4) is 11.3 Å². The van der Waals surface area contributed by atoms with E-state index in [9.17, 15) is 14.5 Å². The van der Waals surface area contributed by atoms with Crippen molar-refractivity contribution >= 4 is 17.3 Å². The Labute approximate surface area is 153 Å². The van der Waals surface area contributed by atoms with Crippen LogP contribution in [0.25, 0.3) is 11.3 Å².